The molecular formula is C13H22O6. The van der Waals surface area contributed by atoms with Crippen LogP contribution in [-0.4, -0.2) is 44.1 Å². The molecule has 4 N–H and O–H groups in total. The molecule has 0 heterocycles. The van der Waals surface area contributed by atoms with Gasteiger partial charge in [-0.05, 0) is 37.5 Å². The molecule has 0 saturated heterocycles. The highest BCUT2D eigenvalue weighted by Gasteiger charge is 2.55. The third-order valence-electron chi connectivity index (χ3n) is 4.07. The second-order valence-corrected chi connectivity index (χ2v) is 5.70. The van der Waals surface area contributed by atoms with Gasteiger partial charge in [0.1, 0.15) is 0 Å². The summed E-state index contributed by atoms with van der Waals surface area (Å²) in [6.07, 6.45) is 0.938. The molecule has 0 aromatic carbocycles. The van der Waals surface area contributed by atoms with E-state index in [1.54, 1.807) is 13.8 Å². The molecule has 0 spiro atoms. The number of hydrogen-bond donors (Lipinski definition) is 4. The van der Waals surface area contributed by atoms with Gasteiger partial charge >= 0.3 is 11.9 Å². The van der Waals surface area contributed by atoms with Crippen LogP contribution >= 0.6 is 0 Å². The van der Waals surface area contributed by atoms with Crippen LogP contribution in [0.5, 0.6) is 0 Å². The van der Waals surface area contributed by atoms with Crippen LogP contribution < -0.4 is 0 Å². The van der Waals surface area contributed by atoms with E-state index in [4.69, 9.17) is 0 Å². The average molecular weight is 274 g/mol. The lowest BCUT2D eigenvalue weighted by Gasteiger charge is -2.41. The first-order valence-corrected chi connectivity index (χ1v) is 6.57. The van der Waals surface area contributed by atoms with Crippen molar-refractivity contribution in [3.8, 4) is 0 Å². The van der Waals surface area contributed by atoms with E-state index in [0.29, 0.717) is 25.7 Å². The van der Waals surface area contributed by atoms with Gasteiger partial charge in [0, 0.05) is 0 Å². The molecule has 0 radical (unpaired) electrons. The van der Waals surface area contributed by atoms with Gasteiger partial charge in [0.2, 0.25) is 0 Å². The molecule has 1 fully saturated rings. The highest BCUT2D eigenvalue weighted by atomic mass is 16.4. The Morgan fingerprint density at radius 1 is 1.11 bits per heavy atom. The lowest BCUT2D eigenvalue weighted by Crippen LogP contribution is -2.57. The first-order chi connectivity index (χ1) is 8.71. The zero-order valence-electron chi connectivity index (χ0n) is 11.2. The molecule has 0 aromatic heterocycles. The predicted octanol–water partition coefficient (Wildman–Crippen LogP) is 0.710. The normalized spacial score (nSPS) is 28.7. The second kappa shape index (κ2) is 5.88. The monoisotopic (exact) mass is 274 g/mol. The van der Waals surface area contributed by atoms with Crippen LogP contribution in [0.4, 0.5) is 0 Å². The summed E-state index contributed by atoms with van der Waals surface area (Å²) in [5, 5.41) is 38.6. The van der Waals surface area contributed by atoms with Gasteiger partial charge in [0.15, 0.2) is 5.60 Å². The summed E-state index contributed by atoms with van der Waals surface area (Å²) in [7, 11) is 0. The second-order valence-electron chi connectivity index (χ2n) is 5.70. The molecule has 0 aromatic rings. The maximum atomic E-state index is 11.5. The van der Waals surface area contributed by atoms with Crippen LogP contribution in [0.2, 0.25) is 0 Å². The van der Waals surface area contributed by atoms with Gasteiger partial charge in [-0.3, -0.25) is 4.79 Å². The van der Waals surface area contributed by atoms with Crippen molar-refractivity contribution in [1.29, 1.82) is 0 Å². The Balaban J connectivity index is 3.08. The summed E-state index contributed by atoms with van der Waals surface area (Å²) in [6, 6.07) is 0. The van der Waals surface area contributed by atoms with E-state index in [2.05, 4.69) is 0 Å². The van der Waals surface area contributed by atoms with Gasteiger partial charge in [-0.25, -0.2) is 4.79 Å². The molecule has 19 heavy (non-hydrogen) atoms. The van der Waals surface area contributed by atoms with Gasteiger partial charge in [0.25, 0.3) is 0 Å². The molecule has 1 rings (SSSR count). The van der Waals surface area contributed by atoms with Crippen molar-refractivity contribution in [1.82, 2.24) is 0 Å². The van der Waals surface area contributed by atoms with Crippen molar-refractivity contribution < 1.29 is 30.0 Å². The van der Waals surface area contributed by atoms with Crippen molar-refractivity contribution >= 4 is 11.9 Å². The van der Waals surface area contributed by atoms with Crippen LogP contribution in [-0.2, 0) is 9.59 Å². The first-order valence-electron chi connectivity index (χ1n) is 6.57. The SMILES string of the molecule is CC(C)C(C(=O)O)C(O)(C(=O)O)C1CCC(O)CC1. The third-order valence-corrected chi connectivity index (χ3v) is 4.07. The summed E-state index contributed by atoms with van der Waals surface area (Å²) in [5.74, 6) is -5.28. The zero-order valence-corrected chi connectivity index (χ0v) is 11.2. The van der Waals surface area contributed by atoms with Crippen LogP contribution in [0.25, 0.3) is 0 Å². The molecule has 1 aliphatic carbocycles. The summed E-state index contributed by atoms with van der Waals surface area (Å²) in [5.41, 5.74) is -2.28. The van der Waals surface area contributed by atoms with E-state index < -0.39 is 41.4 Å². The Bertz CT molecular complexity index is 345. The minimum Gasteiger partial charge on any atom is -0.481 e. The predicted molar refractivity (Wildman–Crippen MR) is 66.5 cm³/mol. The van der Waals surface area contributed by atoms with E-state index in [-0.39, 0.29) is 0 Å². The molecule has 1 aliphatic rings. The molecule has 2 unspecified atom stereocenters. The Morgan fingerprint density at radius 3 is 1.89 bits per heavy atom. The Morgan fingerprint density at radius 2 is 1.58 bits per heavy atom. The number of hydrogen-bond acceptors (Lipinski definition) is 4. The van der Waals surface area contributed by atoms with Gasteiger partial charge in [-0.15, -0.1) is 0 Å². The number of carboxylic acids is 2. The lowest BCUT2D eigenvalue weighted by atomic mass is 9.67. The van der Waals surface area contributed by atoms with Crippen molar-refractivity contribution in [2.24, 2.45) is 17.8 Å². The molecule has 110 valence electrons. The maximum absolute atomic E-state index is 11.5. The van der Waals surface area contributed by atoms with Gasteiger partial charge in [-0.1, -0.05) is 13.8 Å². The quantitative estimate of drug-likeness (QED) is 0.587. The van der Waals surface area contributed by atoms with Crippen molar-refractivity contribution in [2.75, 3.05) is 0 Å². The minimum absolute atomic E-state index is 0.320. The first kappa shape index (κ1) is 15.9. The Hall–Kier alpha value is -1.14. The highest BCUT2D eigenvalue weighted by molar-refractivity contribution is 5.86. The lowest BCUT2D eigenvalue weighted by molar-refractivity contribution is -0.189. The Labute approximate surface area is 112 Å². The zero-order chi connectivity index (χ0) is 14.8. The molecule has 0 aliphatic heterocycles. The van der Waals surface area contributed by atoms with E-state index >= 15 is 0 Å². The van der Waals surface area contributed by atoms with Gasteiger partial charge in [0.05, 0.1) is 12.0 Å². The summed E-state index contributed by atoms with van der Waals surface area (Å²) in [4.78, 5) is 22.8. The molecule has 1 saturated carbocycles. The summed E-state index contributed by atoms with van der Waals surface area (Å²) < 4.78 is 0. The van der Waals surface area contributed by atoms with E-state index in [0.717, 1.165) is 0 Å². The van der Waals surface area contributed by atoms with Crippen molar-refractivity contribution in [2.45, 2.75) is 51.2 Å². The van der Waals surface area contributed by atoms with Crippen LogP contribution in [0.15, 0.2) is 0 Å². The fraction of sp³-hybridized carbons (Fsp3) is 0.846. The molecular weight excluding hydrogens is 252 g/mol. The van der Waals surface area contributed by atoms with E-state index in [9.17, 15) is 30.0 Å². The number of aliphatic hydroxyl groups is 2. The summed E-state index contributed by atoms with van der Waals surface area (Å²) in [6.45, 7) is 3.18. The topological polar surface area (TPSA) is 115 Å². The highest BCUT2D eigenvalue weighted by Crippen LogP contribution is 2.40. The van der Waals surface area contributed by atoms with Crippen molar-refractivity contribution in [3.63, 3.8) is 0 Å². The molecule has 6 nitrogen and oxygen atoms in total. The number of aliphatic hydroxyl groups excluding tert-OH is 1. The number of carbonyl (C=O) groups is 2. The van der Waals surface area contributed by atoms with Gasteiger partial charge < -0.3 is 20.4 Å². The van der Waals surface area contributed by atoms with Crippen LogP contribution in [0.3, 0.4) is 0 Å². The van der Waals surface area contributed by atoms with Crippen LogP contribution in [0, 0.1) is 17.8 Å². The van der Waals surface area contributed by atoms with E-state index in [1.807, 2.05) is 0 Å². The standard InChI is InChI=1S/C13H22O6/c1-7(2)10(11(15)16)13(19,12(17)18)8-3-5-9(14)6-4-8/h7-10,14,19H,3-6H2,1-2H3,(H,15,16)(H,17,18). The summed E-state index contributed by atoms with van der Waals surface area (Å²) >= 11 is 0. The number of carboxylic acid groups (broad SMARTS) is 2. The Kier molecular flexibility index (Phi) is 4.92. The average Bonchev–Trinajstić information content (AvgIpc) is 2.28. The number of aliphatic carboxylic acids is 2. The molecule has 0 bridgehead atoms. The number of rotatable bonds is 5. The van der Waals surface area contributed by atoms with Crippen molar-refractivity contribution in [3.05, 3.63) is 0 Å². The molecule has 0 amide bonds. The maximum Gasteiger partial charge on any atom is 0.336 e. The fourth-order valence-electron chi connectivity index (χ4n) is 3.06. The smallest absolute Gasteiger partial charge is 0.336 e. The van der Waals surface area contributed by atoms with Crippen LogP contribution in [0.1, 0.15) is 39.5 Å². The van der Waals surface area contributed by atoms with Gasteiger partial charge in [-0.2, -0.15) is 0 Å². The largest absolute Gasteiger partial charge is 0.481 e. The van der Waals surface area contributed by atoms with E-state index in [1.165, 1.54) is 0 Å². The molecule has 2 atom stereocenters. The fourth-order valence-corrected chi connectivity index (χ4v) is 3.06. The third kappa shape index (κ3) is 3.06. The minimum atomic E-state index is -2.28. The molecule has 6 heteroatoms.